The Morgan fingerprint density at radius 1 is 1.42 bits per heavy atom. The summed E-state index contributed by atoms with van der Waals surface area (Å²) in [4.78, 5) is 0. The second-order valence-corrected chi connectivity index (χ2v) is 3.06. The van der Waals surface area contributed by atoms with Crippen LogP contribution in [0.1, 0.15) is 19.4 Å². The molecule has 1 rings (SSSR count). The van der Waals surface area contributed by atoms with Gasteiger partial charge in [-0.3, -0.25) is 4.57 Å². The molecule has 1 aromatic rings. The fourth-order valence-corrected chi connectivity index (χ4v) is 1.02. The minimum absolute atomic E-state index is 0.0694. The molecule has 0 radical (unpaired) electrons. The Morgan fingerprint density at radius 3 is 2.33 bits per heavy atom. The number of aromatic hydroxyl groups is 2. The molecule has 0 aromatic carbocycles. The largest absolute Gasteiger partial charge is 0.494 e. The van der Waals surface area contributed by atoms with Crippen molar-refractivity contribution in [3.05, 3.63) is 17.2 Å². The van der Waals surface area contributed by atoms with Crippen LogP contribution >= 0.6 is 0 Å². The Balaban J connectivity index is 3.18. The molecule has 0 bridgehead atoms. The van der Waals surface area contributed by atoms with Gasteiger partial charge in [-0.15, -0.1) is 0 Å². The van der Waals surface area contributed by atoms with E-state index in [1.54, 1.807) is 7.05 Å². The molecule has 1 heterocycles. The molecule has 2 N–H and O–H groups in total. The van der Waals surface area contributed by atoms with Crippen molar-refractivity contribution in [2.75, 3.05) is 0 Å². The molecule has 12 heavy (non-hydrogen) atoms. The number of allylic oxidation sites excluding steroid dienone is 1. The highest BCUT2D eigenvalue weighted by atomic mass is 16.3. The Morgan fingerprint density at radius 2 is 2.00 bits per heavy atom. The number of rotatable bonds is 1. The van der Waals surface area contributed by atoms with Crippen LogP contribution < -0.4 is 0 Å². The van der Waals surface area contributed by atoms with Crippen molar-refractivity contribution in [2.45, 2.75) is 13.8 Å². The molecular weight excluding hydrogens is 154 g/mol. The first-order valence-corrected chi connectivity index (χ1v) is 3.75. The Hall–Kier alpha value is -1.38. The van der Waals surface area contributed by atoms with E-state index in [0.29, 0.717) is 5.56 Å². The van der Waals surface area contributed by atoms with Crippen molar-refractivity contribution in [2.24, 2.45) is 7.05 Å². The van der Waals surface area contributed by atoms with Gasteiger partial charge in [0.15, 0.2) is 5.88 Å². The summed E-state index contributed by atoms with van der Waals surface area (Å²) in [6, 6.07) is 1.53. The van der Waals surface area contributed by atoms with Gasteiger partial charge in [-0.05, 0) is 13.8 Å². The fraction of sp³-hybridized carbons (Fsp3) is 0.333. The van der Waals surface area contributed by atoms with E-state index in [-0.39, 0.29) is 11.8 Å². The van der Waals surface area contributed by atoms with E-state index >= 15 is 0 Å². The molecule has 0 aliphatic rings. The van der Waals surface area contributed by atoms with Crippen molar-refractivity contribution >= 4 is 6.08 Å². The van der Waals surface area contributed by atoms with Crippen molar-refractivity contribution in [3.63, 3.8) is 0 Å². The van der Waals surface area contributed by atoms with Crippen molar-refractivity contribution < 1.29 is 10.2 Å². The van der Waals surface area contributed by atoms with Crippen LogP contribution in [0.5, 0.6) is 11.8 Å². The molecule has 0 saturated carbocycles. The summed E-state index contributed by atoms with van der Waals surface area (Å²) in [6.45, 7) is 3.87. The zero-order valence-corrected chi connectivity index (χ0v) is 7.50. The molecule has 0 aliphatic heterocycles. The molecule has 3 nitrogen and oxygen atoms in total. The van der Waals surface area contributed by atoms with Gasteiger partial charge in [0.1, 0.15) is 0 Å². The zero-order chi connectivity index (χ0) is 9.30. The topological polar surface area (TPSA) is 45.4 Å². The Labute approximate surface area is 71.6 Å². The standard InChI is InChI=1S/C9H13NO2/c1-6(2)4-7-5-8(11)10(3)9(7)12/h4-5,11-12H,1-3H3. The highest BCUT2D eigenvalue weighted by molar-refractivity contribution is 5.59. The highest BCUT2D eigenvalue weighted by Gasteiger charge is 2.07. The maximum Gasteiger partial charge on any atom is 0.201 e. The first kappa shape index (κ1) is 8.71. The van der Waals surface area contributed by atoms with Gasteiger partial charge in [0.05, 0.1) is 0 Å². The molecular formula is C9H13NO2. The van der Waals surface area contributed by atoms with Crippen molar-refractivity contribution in [1.82, 2.24) is 4.57 Å². The third-order valence-electron chi connectivity index (χ3n) is 1.65. The number of nitrogens with zero attached hydrogens (tertiary/aromatic N) is 1. The molecule has 0 aliphatic carbocycles. The lowest BCUT2D eigenvalue weighted by atomic mass is 10.2. The van der Waals surface area contributed by atoms with E-state index in [2.05, 4.69) is 0 Å². The SMILES string of the molecule is CC(C)=Cc1cc(O)n(C)c1O. The van der Waals surface area contributed by atoms with Crippen LogP contribution in [-0.4, -0.2) is 14.8 Å². The smallest absolute Gasteiger partial charge is 0.201 e. The molecule has 1 aromatic heterocycles. The van der Waals surface area contributed by atoms with Gasteiger partial charge in [0.2, 0.25) is 5.88 Å². The van der Waals surface area contributed by atoms with Gasteiger partial charge in [-0.1, -0.05) is 11.6 Å². The summed E-state index contributed by atoms with van der Waals surface area (Å²) in [5.74, 6) is 0.161. The van der Waals surface area contributed by atoms with Gasteiger partial charge in [-0.25, -0.2) is 0 Å². The number of hydrogen-bond acceptors (Lipinski definition) is 2. The van der Waals surface area contributed by atoms with Crippen LogP contribution in [-0.2, 0) is 7.05 Å². The molecule has 0 unspecified atom stereocenters. The molecule has 3 heteroatoms. The van der Waals surface area contributed by atoms with E-state index in [9.17, 15) is 10.2 Å². The van der Waals surface area contributed by atoms with Crippen molar-refractivity contribution in [1.29, 1.82) is 0 Å². The monoisotopic (exact) mass is 167 g/mol. The Kier molecular flexibility index (Phi) is 2.13. The van der Waals surface area contributed by atoms with E-state index in [1.807, 2.05) is 19.9 Å². The van der Waals surface area contributed by atoms with Crippen LogP contribution in [0.4, 0.5) is 0 Å². The van der Waals surface area contributed by atoms with Crippen LogP contribution in [0.25, 0.3) is 6.08 Å². The van der Waals surface area contributed by atoms with E-state index < -0.39 is 0 Å². The summed E-state index contributed by atoms with van der Waals surface area (Å²) in [7, 11) is 1.60. The maximum atomic E-state index is 9.43. The number of hydrogen-bond donors (Lipinski definition) is 2. The number of aromatic nitrogens is 1. The molecule has 0 fully saturated rings. The predicted octanol–water partition coefficient (Wildman–Crippen LogP) is 1.86. The zero-order valence-electron chi connectivity index (χ0n) is 7.50. The third kappa shape index (κ3) is 1.44. The van der Waals surface area contributed by atoms with Crippen molar-refractivity contribution in [3.8, 4) is 11.8 Å². The Bertz CT molecular complexity index is 320. The maximum absolute atomic E-state index is 9.43. The minimum atomic E-state index is 0.0694. The summed E-state index contributed by atoms with van der Waals surface area (Å²) in [5, 5.41) is 18.6. The molecule has 66 valence electrons. The van der Waals surface area contributed by atoms with Gasteiger partial charge in [0, 0.05) is 18.7 Å². The van der Waals surface area contributed by atoms with E-state index in [4.69, 9.17) is 0 Å². The quantitative estimate of drug-likeness (QED) is 0.670. The van der Waals surface area contributed by atoms with Gasteiger partial charge >= 0.3 is 0 Å². The molecule has 0 spiro atoms. The average Bonchev–Trinajstić information content (AvgIpc) is 2.17. The normalized spacial score (nSPS) is 9.92. The lowest BCUT2D eigenvalue weighted by Gasteiger charge is -1.96. The fourth-order valence-electron chi connectivity index (χ4n) is 1.02. The van der Waals surface area contributed by atoms with Gasteiger partial charge in [0.25, 0.3) is 0 Å². The first-order chi connectivity index (χ1) is 5.52. The summed E-state index contributed by atoms with van der Waals surface area (Å²) < 4.78 is 1.33. The lowest BCUT2D eigenvalue weighted by molar-refractivity contribution is 0.386. The van der Waals surface area contributed by atoms with E-state index in [1.165, 1.54) is 10.6 Å². The second-order valence-electron chi connectivity index (χ2n) is 3.06. The first-order valence-electron chi connectivity index (χ1n) is 3.75. The van der Waals surface area contributed by atoms with Crippen LogP contribution in [0.3, 0.4) is 0 Å². The van der Waals surface area contributed by atoms with E-state index in [0.717, 1.165) is 5.57 Å². The summed E-state index contributed by atoms with van der Waals surface area (Å²) in [5.41, 5.74) is 1.73. The predicted molar refractivity (Wildman–Crippen MR) is 48.1 cm³/mol. The van der Waals surface area contributed by atoms with Crippen LogP contribution in [0.2, 0.25) is 0 Å². The van der Waals surface area contributed by atoms with Crippen LogP contribution in [0.15, 0.2) is 11.6 Å². The summed E-state index contributed by atoms with van der Waals surface area (Å²) in [6.07, 6.45) is 1.81. The third-order valence-corrected chi connectivity index (χ3v) is 1.65. The van der Waals surface area contributed by atoms with Gasteiger partial charge < -0.3 is 10.2 Å². The molecule has 0 saturated heterocycles. The second kappa shape index (κ2) is 2.93. The van der Waals surface area contributed by atoms with Crippen LogP contribution in [0, 0.1) is 0 Å². The molecule has 0 atom stereocenters. The minimum Gasteiger partial charge on any atom is -0.494 e. The molecule has 0 amide bonds. The lowest BCUT2D eigenvalue weighted by Crippen LogP contribution is -1.84. The summed E-state index contributed by atoms with van der Waals surface area (Å²) >= 11 is 0. The van der Waals surface area contributed by atoms with Gasteiger partial charge in [-0.2, -0.15) is 0 Å². The average molecular weight is 167 g/mol. The highest BCUT2D eigenvalue weighted by Crippen LogP contribution is 2.27.